The third-order valence-electron chi connectivity index (χ3n) is 3.17. The molecule has 4 nitrogen and oxygen atoms in total. The van der Waals surface area contributed by atoms with E-state index in [2.05, 4.69) is 24.1 Å². The van der Waals surface area contributed by atoms with Gasteiger partial charge in [-0.25, -0.2) is 0 Å². The number of carbonyl (C=O) groups is 1. The highest BCUT2D eigenvalue weighted by atomic mass is 35.5. The molecule has 3 N–H and O–H groups in total. The molecule has 1 rings (SSSR count). The fourth-order valence-electron chi connectivity index (χ4n) is 2.19. The van der Waals surface area contributed by atoms with Crippen LogP contribution in [0.2, 0.25) is 0 Å². The summed E-state index contributed by atoms with van der Waals surface area (Å²) in [4.78, 5) is 14.0. The highest BCUT2D eigenvalue weighted by Gasteiger charge is 2.40. The number of nitrogens with one attached hydrogen (secondary N) is 1. The Balaban J connectivity index is 0. The Kier molecular flexibility index (Phi) is 8.49. The lowest BCUT2D eigenvalue weighted by molar-refractivity contribution is -0.129. The fraction of sp³-hybridized carbons (Fsp3) is 0.917. The predicted molar refractivity (Wildman–Crippen MR) is 80.6 cm³/mol. The molecule has 110 valence electrons. The van der Waals surface area contributed by atoms with Crippen LogP contribution in [0.1, 0.15) is 33.1 Å². The van der Waals surface area contributed by atoms with Crippen molar-refractivity contribution in [2.45, 2.75) is 38.6 Å². The summed E-state index contributed by atoms with van der Waals surface area (Å²) in [5, 5.41) is 2.98. The van der Waals surface area contributed by atoms with Gasteiger partial charge in [0, 0.05) is 13.1 Å². The maximum absolute atomic E-state index is 11.8. The van der Waals surface area contributed by atoms with Gasteiger partial charge in [0.1, 0.15) is 0 Å². The lowest BCUT2D eigenvalue weighted by Crippen LogP contribution is -2.59. The monoisotopic (exact) mass is 299 g/mol. The molecule has 0 radical (unpaired) electrons. The van der Waals surface area contributed by atoms with Crippen molar-refractivity contribution >= 4 is 30.7 Å². The molecular weight excluding hydrogens is 273 g/mol. The molecule has 0 unspecified atom stereocenters. The Labute approximate surface area is 123 Å². The lowest BCUT2D eigenvalue weighted by Gasteiger charge is -2.37. The number of nitrogens with two attached hydrogens (primary N) is 1. The van der Waals surface area contributed by atoms with Gasteiger partial charge in [-0.2, -0.15) is 0 Å². The van der Waals surface area contributed by atoms with E-state index in [0.29, 0.717) is 6.54 Å². The van der Waals surface area contributed by atoms with E-state index in [0.717, 1.165) is 25.8 Å². The van der Waals surface area contributed by atoms with E-state index in [4.69, 9.17) is 5.73 Å². The van der Waals surface area contributed by atoms with Crippen molar-refractivity contribution in [3.63, 3.8) is 0 Å². The fourth-order valence-corrected chi connectivity index (χ4v) is 2.19. The summed E-state index contributed by atoms with van der Waals surface area (Å²) in [5.74, 6) is 0.0191. The van der Waals surface area contributed by atoms with Gasteiger partial charge in [-0.05, 0) is 38.8 Å². The normalized spacial score (nSPS) is 17.2. The highest BCUT2D eigenvalue weighted by molar-refractivity contribution is 5.87. The van der Waals surface area contributed by atoms with Crippen molar-refractivity contribution in [2.75, 3.05) is 27.2 Å². The van der Waals surface area contributed by atoms with Gasteiger partial charge < -0.3 is 16.0 Å². The number of carbonyl (C=O) groups excluding carboxylic acids is 1. The van der Waals surface area contributed by atoms with Crippen molar-refractivity contribution in [2.24, 2.45) is 11.1 Å². The molecule has 1 aliphatic rings. The standard InChI is InChI=1S/C12H25N3O.2ClH/c1-11(2,9-15(3)4)8-14-10(16)12(13)6-5-7-12;;/h5-9,13H2,1-4H3,(H,14,16);2*1H. The summed E-state index contributed by atoms with van der Waals surface area (Å²) in [5.41, 5.74) is 5.46. The maximum Gasteiger partial charge on any atom is 0.240 e. The lowest BCUT2D eigenvalue weighted by atomic mass is 9.77. The zero-order chi connectivity index (χ0) is 12.4. The summed E-state index contributed by atoms with van der Waals surface area (Å²) in [6.07, 6.45) is 2.73. The average Bonchev–Trinajstić information content (AvgIpc) is 2.08. The molecule has 1 fully saturated rings. The van der Waals surface area contributed by atoms with Crippen LogP contribution < -0.4 is 11.1 Å². The van der Waals surface area contributed by atoms with Crippen LogP contribution in [0.4, 0.5) is 0 Å². The van der Waals surface area contributed by atoms with Crippen LogP contribution in [0, 0.1) is 5.41 Å². The second-order valence-corrected chi connectivity index (χ2v) is 6.09. The van der Waals surface area contributed by atoms with Crippen molar-refractivity contribution < 1.29 is 4.79 Å². The van der Waals surface area contributed by atoms with Crippen LogP contribution in [-0.2, 0) is 4.79 Å². The number of amides is 1. The smallest absolute Gasteiger partial charge is 0.240 e. The first-order valence-corrected chi connectivity index (χ1v) is 5.97. The van der Waals surface area contributed by atoms with Crippen molar-refractivity contribution in [3.05, 3.63) is 0 Å². The number of rotatable bonds is 5. The van der Waals surface area contributed by atoms with Gasteiger partial charge >= 0.3 is 0 Å². The largest absolute Gasteiger partial charge is 0.354 e. The van der Waals surface area contributed by atoms with E-state index in [1.165, 1.54) is 0 Å². The van der Waals surface area contributed by atoms with Crippen LogP contribution in [0.3, 0.4) is 0 Å². The Morgan fingerprint density at radius 2 is 1.83 bits per heavy atom. The topological polar surface area (TPSA) is 58.4 Å². The molecule has 1 aliphatic carbocycles. The van der Waals surface area contributed by atoms with Crippen molar-refractivity contribution in [3.8, 4) is 0 Å². The first-order chi connectivity index (χ1) is 7.25. The second kappa shape index (κ2) is 7.53. The second-order valence-electron chi connectivity index (χ2n) is 6.09. The van der Waals surface area contributed by atoms with E-state index < -0.39 is 5.54 Å². The maximum atomic E-state index is 11.8. The summed E-state index contributed by atoms with van der Waals surface area (Å²) < 4.78 is 0. The summed E-state index contributed by atoms with van der Waals surface area (Å²) >= 11 is 0. The van der Waals surface area contributed by atoms with Crippen LogP contribution in [0.5, 0.6) is 0 Å². The molecule has 0 bridgehead atoms. The van der Waals surface area contributed by atoms with E-state index in [9.17, 15) is 4.79 Å². The molecule has 0 aromatic rings. The summed E-state index contributed by atoms with van der Waals surface area (Å²) in [6, 6.07) is 0. The molecule has 1 saturated carbocycles. The molecule has 0 saturated heterocycles. The summed E-state index contributed by atoms with van der Waals surface area (Å²) in [6.45, 7) is 5.93. The Bertz CT molecular complexity index is 266. The summed E-state index contributed by atoms with van der Waals surface area (Å²) in [7, 11) is 4.08. The van der Waals surface area contributed by atoms with Gasteiger partial charge in [-0.1, -0.05) is 13.8 Å². The molecular formula is C12H27Cl2N3O. The SMILES string of the molecule is CN(C)CC(C)(C)CNC(=O)C1(N)CCC1.Cl.Cl. The molecule has 0 spiro atoms. The zero-order valence-electron chi connectivity index (χ0n) is 11.8. The first kappa shape index (κ1) is 20.3. The molecule has 0 atom stereocenters. The molecule has 18 heavy (non-hydrogen) atoms. The van der Waals surface area contributed by atoms with Gasteiger partial charge in [0.25, 0.3) is 0 Å². The quantitative estimate of drug-likeness (QED) is 0.807. The van der Waals surface area contributed by atoms with Gasteiger partial charge in [0.2, 0.25) is 5.91 Å². The van der Waals surface area contributed by atoms with Crippen molar-refractivity contribution in [1.29, 1.82) is 0 Å². The Morgan fingerprint density at radius 3 is 2.17 bits per heavy atom. The van der Waals surface area contributed by atoms with Crippen molar-refractivity contribution in [1.82, 2.24) is 10.2 Å². The minimum absolute atomic E-state index is 0. The van der Waals surface area contributed by atoms with Gasteiger partial charge in [0.05, 0.1) is 5.54 Å². The number of hydrogen-bond donors (Lipinski definition) is 2. The van der Waals surface area contributed by atoms with Crippen LogP contribution in [0.15, 0.2) is 0 Å². The first-order valence-electron chi connectivity index (χ1n) is 5.97. The van der Waals surface area contributed by atoms with Crippen LogP contribution in [-0.4, -0.2) is 43.5 Å². The minimum atomic E-state index is -0.575. The third kappa shape index (κ3) is 5.74. The van der Waals surface area contributed by atoms with Crippen LogP contribution >= 0.6 is 24.8 Å². The zero-order valence-corrected chi connectivity index (χ0v) is 13.4. The average molecular weight is 300 g/mol. The van der Waals surface area contributed by atoms with E-state index in [1.807, 2.05) is 14.1 Å². The third-order valence-corrected chi connectivity index (χ3v) is 3.17. The Hall–Kier alpha value is -0.0300. The van der Waals surface area contributed by atoms with Gasteiger partial charge in [0.15, 0.2) is 0 Å². The number of halogens is 2. The van der Waals surface area contributed by atoms with Gasteiger partial charge in [-0.3, -0.25) is 4.79 Å². The number of hydrogen-bond acceptors (Lipinski definition) is 3. The molecule has 0 aromatic heterocycles. The molecule has 0 aliphatic heterocycles. The highest BCUT2D eigenvalue weighted by Crippen LogP contribution is 2.29. The van der Waals surface area contributed by atoms with Gasteiger partial charge in [-0.15, -0.1) is 24.8 Å². The molecule has 6 heteroatoms. The molecule has 0 heterocycles. The predicted octanol–water partition coefficient (Wildman–Crippen LogP) is 1.42. The Morgan fingerprint density at radius 1 is 1.33 bits per heavy atom. The van der Waals surface area contributed by atoms with E-state index in [-0.39, 0.29) is 36.1 Å². The van der Waals surface area contributed by atoms with E-state index in [1.54, 1.807) is 0 Å². The minimum Gasteiger partial charge on any atom is -0.354 e. The number of nitrogens with zero attached hydrogens (tertiary/aromatic N) is 1. The van der Waals surface area contributed by atoms with E-state index >= 15 is 0 Å². The molecule has 1 amide bonds. The molecule has 0 aromatic carbocycles. The van der Waals surface area contributed by atoms with Crippen LogP contribution in [0.25, 0.3) is 0 Å².